The van der Waals surface area contributed by atoms with E-state index in [0.29, 0.717) is 6.42 Å². The van der Waals surface area contributed by atoms with Gasteiger partial charge in [-0.25, -0.2) is 0 Å². The van der Waals surface area contributed by atoms with Crippen LogP contribution in [0, 0.1) is 0 Å². The van der Waals surface area contributed by atoms with Gasteiger partial charge in [0.15, 0.2) is 0 Å². The van der Waals surface area contributed by atoms with Gasteiger partial charge in [-0.05, 0) is 38.3 Å². The van der Waals surface area contributed by atoms with Crippen LogP contribution in [0.15, 0.2) is 18.3 Å². The van der Waals surface area contributed by atoms with Crippen LogP contribution in [-0.2, 0) is 16.0 Å². The van der Waals surface area contributed by atoms with Gasteiger partial charge < -0.3 is 4.74 Å². The zero-order valence-electron chi connectivity index (χ0n) is 10.7. The molecule has 1 aromatic rings. The molecular formula is C14H19NO2. The molecule has 0 aromatic carbocycles. The predicted molar refractivity (Wildman–Crippen MR) is 66.0 cm³/mol. The number of methoxy groups -OCH3 is 1. The Hall–Kier alpha value is -1.22. The van der Waals surface area contributed by atoms with Gasteiger partial charge in [0, 0.05) is 19.7 Å². The van der Waals surface area contributed by atoms with E-state index in [0.717, 1.165) is 18.5 Å². The Morgan fingerprint density at radius 2 is 2.35 bits per heavy atom. The van der Waals surface area contributed by atoms with Crippen molar-refractivity contribution in [2.24, 2.45) is 0 Å². The van der Waals surface area contributed by atoms with Gasteiger partial charge in [0.25, 0.3) is 0 Å². The Bertz CT molecular complexity index is 426. The standard InChI is InChI=1S/C14H19NO2/c1-14(2,17-3)9-12(16)11-7-6-10-5-4-8-15-13(10)11/h4-5,8,11H,6-7,9H2,1-3H3. The number of carbonyl (C=O) groups is 1. The third kappa shape index (κ3) is 2.55. The molecule has 0 saturated heterocycles. The number of aromatic nitrogens is 1. The fraction of sp³-hybridized carbons (Fsp3) is 0.571. The maximum Gasteiger partial charge on any atom is 0.144 e. The van der Waals surface area contributed by atoms with Crippen molar-refractivity contribution in [3.05, 3.63) is 29.6 Å². The Kier molecular flexibility index (Phi) is 3.29. The van der Waals surface area contributed by atoms with Gasteiger partial charge in [-0.3, -0.25) is 9.78 Å². The third-order valence-electron chi connectivity index (χ3n) is 3.50. The molecule has 1 heterocycles. The molecule has 1 aliphatic rings. The van der Waals surface area contributed by atoms with E-state index in [4.69, 9.17) is 4.74 Å². The van der Waals surface area contributed by atoms with Gasteiger partial charge in [-0.15, -0.1) is 0 Å². The van der Waals surface area contributed by atoms with E-state index < -0.39 is 0 Å². The summed E-state index contributed by atoms with van der Waals surface area (Å²) in [6, 6.07) is 4.00. The van der Waals surface area contributed by atoms with Crippen LogP contribution in [0.2, 0.25) is 0 Å². The molecule has 1 unspecified atom stereocenters. The molecule has 17 heavy (non-hydrogen) atoms. The number of Topliss-reactive ketones (excluding diaryl/α,β-unsaturated/α-hetero) is 1. The highest BCUT2D eigenvalue weighted by Gasteiger charge is 2.32. The van der Waals surface area contributed by atoms with Crippen LogP contribution in [0.5, 0.6) is 0 Å². The summed E-state index contributed by atoms with van der Waals surface area (Å²) in [7, 11) is 1.65. The number of pyridine rings is 1. The molecule has 1 atom stereocenters. The summed E-state index contributed by atoms with van der Waals surface area (Å²) in [5.74, 6) is 0.218. The Morgan fingerprint density at radius 3 is 3.06 bits per heavy atom. The predicted octanol–water partition coefficient (Wildman–Crippen LogP) is 2.50. The smallest absolute Gasteiger partial charge is 0.144 e. The molecule has 0 aliphatic heterocycles. The third-order valence-corrected chi connectivity index (χ3v) is 3.50. The van der Waals surface area contributed by atoms with Crippen molar-refractivity contribution in [2.45, 2.75) is 44.6 Å². The molecule has 1 aliphatic carbocycles. The zero-order valence-corrected chi connectivity index (χ0v) is 10.7. The first-order chi connectivity index (χ1) is 8.03. The van der Waals surface area contributed by atoms with Gasteiger partial charge in [0.2, 0.25) is 0 Å². The van der Waals surface area contributed by atoms with Crippen molar-refractivity contribution < 1.29 is 9.53 Å². The Balaban J connectivity index is 2.13. The highest BCUT2D eigenvalue weighted by atomic mass is 16.5. The van der Waals surface area contributed by atoms with E-state index in [1.54, 1.807) is 13.3 Å². The first-order valence-corrected chi connectivity index (χ1v) is 6.05. The number of ether oxygens (including phenoxy) is 1. The first kappa shape index (κ1) is 12.2. The number of carbonyl (C=O) groups excluding carboxylic acids is 1. The van der Waals surface area contributed by atoms with Crippen LogP contribution < -0.4 is 0 Å². The second-order valence-corrected chi connectivity index (χ2v) is 5.25. The monoisotopic (exact) mass is 233 g/mol. The van der Waals surface area contributed by atoms with E-state index in [-0.39, 0.29) is 17.3 Å². The van der Waals surface area contributed by atoms with E-state index in [2.05, 4.69) is 11.1 Å². The number of aryl methyl sites for hydroxylation is 1. The van der Waals surface area contributed by atoms with E-state index in [1.807, 2.05) is 19.9 Å². The fourth-order valence-electron chi connectivity index (χ4n) is 2.34. The molecule has 0 bridgehead atoms. The molecule has 0 amide bonds. The molecule has 3 nitrogen and oxygen atoms in total. The van der Waals surface area contributed by atoms with Crippen LogP contribution in [0.25, 0.3) is 0 Å². The second-order valence-electron chi connectivity index (χ2n) is 5.25. The van der Waals surface area contributed by atoms with Crippen molar-refractivity contribution >= 4 is 5.78 Å². The average molecular weight is 233 g/mol. The van der Waals surface area contributed by atoms with Crippen molar-refractivity contribution in [2.75, 3.05) is 7.11 Å². The van der Waals surface area contributed by atoms with Crippen LogP contribution in [0.1, 0.15) is 43.9 Å². The lowest BCUT2D eigenvalue weighted by Gasteiger charge is -2.23. The van der Waals surface area contributed by atoms with Crippen molar-refractivity contribution in [1.29, 1.82) is 0 Å². The minimum absolute atomic E-state index is 0.0272. The number of nitrogens with zero attached hydrogens (tertiary/aromatic N) is 1. The quantitative estimate of drug-likeness (QED) is 0.802. The molecule has 0 radical (unpaired) electrons. The fourth-order valence-corrected chi connectivity index (χ4v) is 2.34. The van der Waals surface area contributed by atoms with Gasteiger partial charge >= 0.3 is 0 Å². The maximum absolute atomic E-state index is 12.3. The van der Waals surface area contributed by atoms with Crippen molar-refractivity contribution in [3.8, 4) is 0 Å². The van der Waals surface area contributed by atoms with Gasteiger partial charge in [-0.1, -0.05) is 6.07 Å². The lowest BCUT2D eigenvalue weighted by atomic mass is 9.91. The lowest BCUT2D eigenvalue weighted by molar-refractivity contribution is -0.125. The van der Waals surface area contributed by atoms with Crippen LogP contribution in [-0.4, -0.2) is 23.5 Å². The zero-order chi connectivity index (χ0) is 12.5. The lowest BCUT2D eigenvalue weighted by Crippen LogP contribution is -2.28. The molecule has 0 N–H and O–H groups in total. The van der Waals surface area contributed by atoms with E-state index >= 15 is 0 Å². The van der Waals surface area contributed by atoms with Crippen LogP contribution in [0.4, 0.5) is 0 Å². The average Bonchev–Trinajstić information content (AvgIpc) is 2.72. The number of ketones is 1. The van der Waals surface area contributed by atoms with Crippen LogP contribution >= 0.6 is 0 Å². The molecule has 3 heteroatoms. The number of hydrogen-bond acceptors (Lipinski definition) is 3. The molecular weight excluding hydrogens is 214 g/mol. The SMILES string of the molecule is COC(C)(C)CC(=O)C1CCc2cccnc21. The highest BCUT2D eigenvalue weighted by Crippen LogP contribution is 2.34. The summed E-state index contributed by atoms with van der Waals surface area (Å²) in [4.78, 5) is 16.6. The summed E-state index contributed by atoms with van der Waals surface area (Å²) >= 11 is 0. The van der Waals surface area contributed by atoms with E-state index in [1.165, 1.54) is 5.56 Å². The second kappa shape index (κ2) is 4.57. The summed E-state index contributed by atoms with van der Waals surface area (Å²) in [5, 5.41) is 0. The largest absolute Gasteiger partial charge is 0.378 e. The van der Waals surface area contributed by atoms with Crippen molar-refractivity contribution in [3.63, 3.8) is 0 Å². The number of fused-ring (bicyclic) bond motifs is 1. The van der Waals surface area contributed by atoms with E-state index in [9.17, 15) is 4.79 Å². The van der Waals surface area contributed by atoms with Gasteiger partial charge in [-0.2, -0.15) is 0 Å². The summed E-state index contributed by atoms with van der Waals surface area (Å²) < 4.78 is 5.31. The molecule has 0 fully saturated rings. The normalized spacial score (nSPS) is 19.1. The number of hydrogen-bond donors (Lipinski definition) is 0. The summed E-state index contributed by atoms with van der Waals surface area (Å²) in [6.07, 6.45) is 4.08. The minimum Gasteiger partial charge on any atom is -0.378 e. The van der Waals surface area contributed by atoms with Crippen LogP contribution in [0.3, 0.4) is 0 Å². The highest BCUT2D eigenvalue weighted by molar-refractivity contribution is 5.87. The summed E-state index contributed by atoms with van der Waals surface area (Å²) in [5.41, 5.74) is 1.82. The maximum atomic E-state index is 12.3. The Morgan fingerprint density at radius 1 is 1.59 bits per heavy atom. The topological polar surface area (TPSA) is 39.2 Å². The molecule has 1 aromatic heterocycles. The molecule has 0 spiro atoms. The first-order valence-electron chi connectivity index (χ1n) is 6.05. The van der Waals surface area contributed by atoms with Crippen molar-refractivity contribution in [1.82, 2.24) is 4.98 Å². The van der Waals surface area contributed by atoms with Gasteiger partial charge in [0.1, 0.15) is 5.78 Å². The summed E-state index contributed by atoms with van der Waals surface area (Å²) in [6.45, 7) is 3.89. The molecule has 0 saturated carbocycles. The molecule has 2 rings (SSSR count). The minimum atomic E-state index is -0.380. The van der Waals surface area contributed by atoms with Gasteiger partial charge in [0.05, 0.1) is 17.2 Å². The molecule has 92 valence electrons. The Labute approximate surface area is 102 Å². The number of rotatable bonds is 4.